The molecule has 2 aromatic carbocycles. The van der Waals surface area contributed by atoms with Gasteiger partial charge in [0.1, 0.15) is 6.61 Å². The van der Waals surface area contributed by atoms with E-state index in [1.807, 2.05) is 48.5 Å². The van der Waals surface area contributed by atoms with E-state index in [9.17, 15) is 14.7 Å². The number of nitrogens with two attached hydrogens (primary N) is 1. The summed E-state index contributed by atoms with van der Waals surface area (Å²) in [6.45, 7) is 3.25. The number of carboxylic acids is 1. The largest absolute Gasteiger partial charge is 0.479 e. The van der Waals surface area contributed by atoms with Crippen molar-refractivity contribution in [2.45, 2.75) is 25.3 Å². The first-order chi connectivity index (χ1) is 11.9. The van der Waals surface area contributed by atoms with Gasteiger partial charge in [0.2, 0.25) is 5.54 Å². The highest BCUT2D eigenvalue weighted by molar-refractivity contribution is 6.04. The predicted molar refractivity (Wildman–Crippen MR) is 94.1 cm³/mol. The van der Waals surface area contributed by atoms with Crippen molar-refractivity contribution >= 4 is 11.9 Å². The first-order valence-corrected chi connectivity index (χ1v) is 8.25. The Bertz CT molecular complexity index is 784. The van der Waals surface area contributed by atoms with Crippen LogP contribution in [-0.2, 0) is 14.3 Å². The van der Waals surface area contributed by atoms with Crippen molar-refractivity contribution < 1.29 is 19.4 Å². The first-order valence-electron chi connectivity index (χ1n) is 8.25. The van der Waals surface area contributed by atoms with Crippen LogP contribution in [0.2, 0.25) is 0 Å². The van der Waals surface area contributed by atoms with Gasteiger partial charge < -0.3 is 15.6 Å². The van der Waals surface area contributed by atoms with Crippen LogP contribution in [-0.4, -0.2) is 29.2 Å². The summed E-state index contributed by atoms with van der Waals surface area (Å²) in [7, 11) is 0. The number of carboxylic acid groups (broad SMARTS) is 1. The maximum atomic E-state index is 12.4. The highest BCUT2D eigenvalue weighted by Gasteiger charge is 2.47. The molecule has 0 fully saturated rings. The average molecular weight is 339 g/mol. The van der Waals surface area contributed by atoms with Crippen molar-refractivity contribution in [1.82, 2.24) is 0 Å². The number of carbonyl (C=O) groups excluding carboxylic acids is 1. The third-order valence-corrected chi connectivity index (χ3v) is 4.95. The maximum Gasteiger partial charge on any atom is 0.338 e. The van der Waals surface area contributed by atoms with Crippen molar-refractivity contribution in [2.75, 3.05) is 6.61 Å². The number of hydrogen-bond acceptors (Lipinski definition) is 4. The smallest absolute Gasteiger partial charge is 0.338 e. The third kappa shape index (κ3) is 2.70. The molecule has 0 aromatic heterocycles. The molecule has 3 N–H and O–H groups in total. The normalized spacial score (nSPS) is 15.4. The van der Waals surface area contributed by atoms with Gasteiger partial charge in [-0.05, 0) is 28.2 Å². The fourth-order valence-electron chi connectivity index (χ4n) is 3.29. The van der Waals surface area contributed by atoms with E-state index >= 15 is 0 Å². The Balaban J connectivity index is 1.87. The highest BCUT2D eigenvalue weighted by atomic mass is 16.5. The van der Waals surface area contributed by atoms with Gasteiger partial charge >= 0.3 is 11.9 Å². The number of aliphatic carboxylic acids is 1. The Hall–Kier alpha value is -2.66. The standard InChI is InChI=1S/C20H21NO4/c1-12(2)20(21,18(22)23)19(24)25-11-17-15-9-5-3-7-13(15)14-8-4-6-10-16(14)17/h3-10,12,17H,11,21H2,1-2H3,(H,22,23)/t20-/m0/s1. The summed E-state index contributed by atoms with van der Waals surface area (Å²) in [5.41, 5.74) is 8.14. The molecule has 5 nitrogen and oxygen atoms in total. The molecule has 1 atom stereocenters. The van der Waals surface area contributed by atoms with Crippen LogP contribution in [0.25, 0.3) is 11.1 Å². The third-order valence-electron chi connectivity index (χ3n) is 4.95. The second-order valence-electron chi connectivity index (χ2n) is 6.65. The number of benzene rings is 2. The topological polar surface area (TPSA) is 89.6 Å². The number of carbonyl (C=O) groups is 2. The monoisotopic (exact) mass is 339 g/mol. The Labute approximate surface area is 146 Å². The summed E-state index contributed by atoms with van der Waals surface area (Å²) in [5, 5.41) is 9.36. The molecule has 130 valence electrons. The molecule has 2 aromatic rings. The summed E-state index contributed by atoms with van der Waals surface area (Å²) in [4.78, 5) is 23.9. The van der Waals surface area contributed by atoms with E-state index in [4.69, 9.17) is 10.5 Å². The molecule has 0 radical (unpaired) electrons. The molecule has 0 spiro atoms. The van der Waals surface area contributed by atoms with Gasteiger partial charge in [0.05, 0.1) is 0 Å². The SMILES string of the molecule is CC(C)[C@](N)(C(=O)O)C(=O)OCC1c2ccccc2-c2ccccc21. The van der Waals surface area contributed by atoms with Crippen LogP contribution < -0.4 is 5.73 Å². The molecule has 0 amide bonds. The van der Waals surface area contributed by atoms with Crippen molar-refractivity contribution in [3.05, 3.63) is 59.7 Å². The van der Waals surface area contributed by atoms with Gasteiger partial charge in [-0.25, -0.2) is 9.59 Å². The maximum absolute atomic E-state index is 12.4. The molecule has 0 saturated carbocycles. The van der Waals surface area contributed by atoms with Gasteiger partial charge in [-0.1, -0.05) is 62.4 Å². The Morgan fingerprint density at radius 1 is 1.08 bits per heavy atom. The number of ether oxygens (including phenoxy) is 1. The molecule has 1 aliphatic rings. The molecular formula is C20H21NO4. The average Bonchev–Trinajstić information content (AvgIpc) is 2.92. The fraction of sp³-hybridized carbons (Fsp3) is 0.300. The van der Waals surface area contributed by atoms with Gasteiger partial charge in [0.25, 0.3) is 0 Å². The van der Waals surface area contributed by atoms with Crippen LogP contribution in [0.5, 0.6) is 0 Å². The molecule has 0 saturated heterocycles. The number of rotatable bonds is 5. The summed E-state index contributed by atoms with van der Waals surface area (Å²) in [6, 6.07) is 15.9. The molecule has 0 aliphatic heterocycles. The van der Waals surface area contributed by atoms with Crippen molar-refractivity contribution in [3.8, 4) is 11.1 Å². The fourth-order valence-corrected chi connectivity index (χ4v) is 3.29. The molecule has 0 bridgehead atoms. The van der Waals surface area contributed by atoms with Crippen LogP contribution in [0.15, 0.2) is 48.5 Å². The van der Waals surface area contributed by atoms with E-state index in [0.29, 0.717) is 0 Å². The molecule has 0 heterocycles. The molecule has 25 heavy (non-hydrogen) atoms. The van der Waals surface area contributed by atoms with Gasteiger partial charge in [-0.15, -0.1) is 0 Å². The van der Waals surface area contributed by atoms with Crippen LogP contribution >= 0.6 is 0 Å². The zero-order chi connectivity index (χ0) is 18.2. The lowest BCUT2D eigenvalue weighted by Crippen LogP contribution is -2.59. The minimum atomic E-state index is -2.04. The molecular weight excluding hydrogens is 318 g/mol. The second-order valence-corrected chi connectivity index (χ2v) is 6.65. The van der Waals surface area contributed by atoms with Gasteiger partial charge in [0, 0.05) is 5.92 Å². The number of hydrogen-bond donors (Lipinski definition) is 2. The van der Waals surface area contributed by atoms with Crippen molar-refractivity contribution in [2.24, 2.45) is 11.7 Å². The summed E-state index contributed by atoms with van der Waals surface area (Å²) >= 11 is 0. The van der Waals surface area contributed by atoms with Crippen LogP contribution in [0.3, 0.4) is 0 Å². The van der Waals surface area contributed by atoms with Crippen LogP contribution in [0.1, 0.15) is 30.9 Å². The predicted octanol–water partition coefficient (Wildman–Crippen LogP) is 2.78. The second kappa shape index (κ2) is 6.33. The summed E-state index contributed by atoms with van der Waals surface area (Å²) in [5.74, 6) is -2.99. The van der Waals surface area contributed by atoms with E-state index in [1.165, 1.54) is 0 Å². The van der Waals surface area contributed by atoms with Crippen molar-refractivity contribution in [1.29, 1.82) is 0 Å². The van der Waals surface area contributed by atoms with E-state index in [-0.39, 0.29) is 12.5 Å². The Kier molecular flexibility index (Phi) is 4.35. The minimum absolute atomic E-state index is 0.0613. The Morgan fingerprint density at radius 2 is 1.56 bits per heavy atom. The minimum Gasteiger partial charge on any atom is -0.479 e. The zero-order valence-corrected chi connectivity index (χ0v) is 14.2. The molecule has 5 heteroatoms. The van der Waals surface area contributed by atoms with E-state index in [0.717, 1.165) is 22.3 Å². The van der Waals surface area contributed by atoms with Gasteiger partial charge in [-0.2, -0.15) is 0 Å². The number of esters is 1. The zero-order valence-electron chi connectivity index (χ0n) is 14.2. The molecule has 3 rings (SSSR count). The molecule has 1 aliphatic carbocycles. The Morgan fingerprint density at radius 3 is 2.00 bits per heavy atom. The van der Waals surface area contributed by atoms with Crippen LogP contribution in [0, 0.1) is 5.92 Å². The number of fused-ring (bicyclic) bond motifs is 3. The quantitative estimate of drug-likeness (QED) is 0.646. The summed E-state index contributed by atoms with van der Waals surface area (Å²) < 4.78 is 5.38. The highest BCUT2D eigenvalue weighted by Crippen LogP contribution is 2.44. The molecule has 0 unspecified atom stereocenters. The lowest BCUT2D eigenvalue weighted by Gasteiger charge is -2.27. The van der Waals surface area contributed by atoms with E-state index in [1.54, 1.807) is 13.8 Å². The lowest BCUT2D eigenvalue weighted by molar-refractivity contribution is -0.163. The van der Waals surface area contributed by atoms with Gasteiger partial charge in [0.15, 0.2) is 0 Å². The van der Waals surface area contributed by atoms with Gasteiger partial charge in [-0.3, -0.25) is 0 Å². The van der Waals surface area contributed by atoms with E-state index in [2.05, 4.69) is 0 Å². The first kappa shape index (κ1) is 17.2. The summed E-state index contributed by atoms with van der Waals surface area (Å²) in [6.07, 6.45) is 0. The van der Waals surface area contributed by atoms with Crippen molar-refractivity contribution in [3.63, 3.8) is 0 Å². The lowest BCUT2D eigenvalue weighted by atomic mass is 9.87. The van der Waals surface area contributed by atoms with E-state index < -0.39 is 23.4 Å². The van der Waals surface area contributed by atoms with Crippen LogP contribution in [0.4, 0.5) is 0 Å².